The Bertz CT molecular complexity index is 681. The van der Waals surface area contributed by atoms with Gasteiger partial charge in [-0.25, -0.2) is 0 Å². The zero-order valence-electron chi connectivity index (χ0n) is 14.3. The van der Waals surface area contributed by atoms with Crippen LogP contribution in [0.15, 0.2) is 0 Å². The van der Waals surface area contributed by atoms with Crippen molar-refractivity contribution < 1.29 is 9.59 Å². The van der Waals surface area contributed by atoms with E-state index in [1.165, 1.54) is 24.1 Å². The van der Waals surface area contributed by atoms with Crippen LogP contribution in [0.2, 0.25) is 0 Å². The van der Waals surface area contributed by atoms with E-state index in [2.05, 4.69) is 12.2 Å². The number of fused-ring (bicyclic) bond motifs is 3. The van der Waals surface area contributed by atoms with E-state index in [1.54, 1.807) is 11.3 Å². The van der Waals surface area contributed by atoms with Crippen LogP contribution in [-0.4, -0.2) is 11.8 Å². The highest BCUT2D eigenvalue weighted by atomic mass is 32.1. The number of hydrogen-bond donors (Lipinski definition) is 2. The molecule has 1 aromatic rings. The van der Waals surface area contributed by atoms with E-state index in [4.69, 9.17) is 5.73 Å². The summed E-state index contributed by atoms with van der Waals surface area (Å²) < 4.78 is 0. The van der Waals surface area contributed by atoms with E-state index in [0.29, 0.717) is 22.4 Å². The monoisotopic (exact) mass is 346 g/mol. The van der Waals surface area contributed by atoms with Crippen LogP contribution in [0.4, 0.5) is 5.00 Å². The van der Waals surface area contributed by atoms with Gasteiger partial charge in [-0.15, -0.1) is 11.3 Å². The van der Waals surface area contributed by atoms with Crippen molar-refractivity contribution in [2.45, 2.75) is 58.3 Å². The fraction of sp³-hybridized carbons (Fsp3) is 0.684. The van der Waals surface area contributed by atoms with Crippen LogP contribution in [0.1, 0.15) is 66.2 Å². The second-order valence-electron chi connectivity index (χ2n) is 7.86. The fourth-order valence-corrected chi connectivity index (χ4v) is 6.49. The molecular formula is C19H26N2O2S. The molecule has 3 aliphatic rings. The maximum Gasteiger partial charge on any atom is 0.251 e. The van der Waals surface area contributed by atoms with E-state index in [9.17, 15) is 9.59 Å². The van der Waals surface area contributed by atoms with Gasteiger partial charge in [0.1, 0.15) is 5.00 Å². The molecule has 0 unspecified atom stereocenters. The van der Waals surface area contributed by atoms with Gasteiger partial charge in [0.25, 0.3) is 5.91 Å². The molecule has 3 aliphatic carbocycles. The Morgan fingerprint density at radius 2 is 2.08 bits per heavy atom. The molecule has 2 amide bonds. The Kier molecular flexibility index (Phi) is 4.15. The number of primary amides is 1. The van der Waals surface area contributed by atoms with Gasteiger partial charge in [0.2, 0.25) is 5.91 Å². The van der Waals surface area contributed by atoms with Gasteiger partial charge >= 0.3 is 0 Å². The maximum atomic E-state index is 12.8. The summed E-state index contributed by atoms with van der Waals surface area (Å²) in [5.74, 6) is 1.81. The number of carbonyl (C=O) groups is 2. The molecule has 2 bridgehead atoms. The van der Waals surface area contributed by atoms with Crippen molar-refractivity contribution in [1.82, 2.24) is 0 Å². The summed E-state index contributed by atoms with van der Waals surface area (Å²) in [6.45, 7) is 2.22. The summed E-state index contributed by atoms with van der Waals surface area (Å²) in [7, 11) is 0. The molecule has 4 atom stereocenters. The van der Waals surface area contributed by atoms with Gasteiger partial charge in [-0.05, 0) is 61.8 Å². The summed E-state index contributed by atoms with van der Waals surface area (Å²) in [6.07, 6.45) is 8.90. The summed E-state index contributed by atoms with van der Waals surface area (Å²) in [4.78, 5) is 26.0. The number of nitrogens with one attached hydrogen (secondary N) is 1. The van der Waals surface area contributed by atoms with Crippen molar-refractivity contribution in [1.29, 1.82) is 0 Å². The second kappa shape index (κ2) is 6.17. The minimum absolute atomic E-state index is 0.107. The maximum absolute atomic E-state index is 12.8. The third-order valence-corrected chi connectivity index (χ3v) is 7.67. The van der Waals surface area contributed by atoms with Crippen LogP contribution in [0.5, 0.6) is 0 Å². The van der Waals surface area contributed by atoms with Gasteiger partial charge < -0.3 is 11.1 Å². The van der Waals surface area contributed by atoms with Crippen molar-refractivity contribution in [2.75, 3.05) is 5.32 Å². The highest BCUT2D eigenvalue weighted by Gasteiger charge is 2.43. The Morgan fingerprint density at radius 3 is 2.71 bits per heavy atom. The van der Waals surface area contributed by atoms with Crippen molar-refractivity contribution in [3.8, 4) is 0 Å². The zero-order valence-corrected chi connectivity index (χ0v) is 15.1. The molecule has 0 saturated heterocycles. The lowest BCUT2D eigenvalue weighted by Crippen LogP contribution is -2.28. The number of amides is 2. The Labute approximate surface area is 147 Å². The highest BCUT2D eigenvalue weighted by Crippen LogP contribution is 2.49. The van der Waals surface area contributed by atoms with Gasteiger partial charge in [-0.2, -0.15) is 0 Å². The summed E-state index contributed by atoms with van der Waals surface area (Å²) in [5.41, 5.74) is 7.34. The predicted octanol–water partition coefficient (Wildman–Crippen LogP) is 3.74. The smallest absolute Gasteiger partial charge is 0.251 e. The summed E-state index contributed by atoms with van der Waals surface area (Å²) in [6, 6.07) is 0. The van der Waals surface area contributed by atoms with E-state index in [-0.39, 0.29) is 11.8 Å². The van der Waals surface area contributed by atoms with E-state index in [0.717, 1.165) is 43.6 Å². The Balaban J connectivity index is 1.57. The van der Waals surface area contributed by atoms with Crippen LogP contribution in [-0.2, 0) is 17.6 Å². The van der Waals surface area contributed by atoms with Crippen molar-refractivity contribution in [3.05, 3.63) is 16.0 Å². The normalized spacial score (nSPS) is 31.0. The van der Waals surface area contributed by atoms with Crippen molar-refractivity contribution >= 4 is 28.2 Å². The lowest BCUT2D eigenvalue weighted by molar-refractivity contribution is -0.121. The lowest BCUT2D eigenvalue weighted by atomic mass is 9.85. The first-order valence-electron chi connectivity index (χ1n) is 9.32. The molecule has 1 heterocycles. The number of nitrogens with two attached hydrogens (primary N) is 1. The quantitative estimate of drug-likeness (QED) is 0.872. The average Bonchev–Trinajstić information content (AvgIpc) is 3.26. The van der Waals surface area contributed by atoms with Crippen molar-refractivity contribution in [3.63, 3.8) is 0 Å². The van der Waals surface area contributed by atoms with E-state index < -0.39 is 5.91 Å². The van der Waals surface area contributed by atoms with Crippen LogP contribution in [0, 0.1) is 23.7 Å². The molecular weight excluding hydrogens is 320 g/mol. The van der Waals surface area contributed by atoms with E-state index in [1.807, 2.05) is 0 Å². The van der Waals surface area contributed by atoms with Crippen molar-refractivity contribution in [2.24, 2.45) is 29.4 Å². The van der Waals surface area contributed by atoms with Crippen LogP contribution < -0.4 is 11.1 Å². The second-order valence-corrected chi connectivity index (χ2v) is 8.97. The molecule has 24 heavy (non-hydrogen) atoms. The minimum atomic E-state index is -0.398. The topological polar surface area (TPSA) is 72.2 Å². The summed E-state index contributed by atoms with van der Waals surface area (Å²) in [5, 5.41) is 3.79. The first-order valence-corrected chi connectivity index (χ1v) is 10.1. The predicted molar refractivity (Wildman–Crippen MR) is 96.2 cm³/mol. The molecule has 1 aromatic heterocycles. The van der Waals surface area contributed by atoms with Gasteiger partial charge in [0, 0.05) is 10.8 Å². The standard InChI is InChI=1S/C19H26N2O2S/c1-2-10-4-6-13-15(9-10)24-19(16(13)17(20)22)21-18(23)14-8-11-3-5-12(14)7-11/h10-12,14H,2-9H2,1H3,(H2,20,22)(H,21,23)/t10-,11-,12+,14+/m1/s1. The molecule has 4 nitrogen and oxygen atoms in total. The zero-order chi connectivity index (χ0) is 16.8. The average molecular weight is 346 g/mol. The van der Waals surface area contributed by atoms with Crippen LogP contribution in [0.25, 0.3) is 0 Å². The third-order valence-electron chi connectivity index (χ3n) is 6.50. The molecule has 0 aromatic carbocycles. The number of hydrogen-bond acceptors (Lipinski definition) is 3. The minimum Gasteiger partial charge on any atom is -0.365 e. The molecule has 2 fully saturated rings. The van der Waals surface area contributed by atoms with Crippen LogP contribution in [0.3, 0.4) is 0 Å². The molecule has 4 rings (SSSR count). The molecule has 5 heteroatoms. The molecule has 0 aliphatic heterocycles. The first kappa shape index (κ1) is 16.1. The van der Waals surface area contributed by atoms with Gasteiger partial charge in [0.05, 0.1) is 5.56 Å². The molecule has 0 radical (unpaired) electrons. The number of carbonyl (C=O) groups excluding carboxylic acids is 2. The van der Waals surface area contributed by atoms with Crippen LogP contribution >= 0.6 is 11.3 Å². The number of anilines is 1. The fourth-order valence-electron chi connectivity index (χ4n) is 5.12. The SMILES string of the molecule is CC[C@@H]1CCc2c(sc(NC(=O)[C@H]3C[C@@H]4CC[C@H]3C4)c2C(N)=O)C1. The molecule has 130 valence electrons. The molecule has 2 saturated carbocycles. The Hall–Kier alpha value is -1.36. The number of rotatable bonds is 4. The van der Waals surface area contributed by atoms with Gasteiger partial charge in [-0.1, -0.05) is 19.8 Å². The van der Waals surface area contributed by atoms with Gasteiger partial charge in [0.15, 0.2) is 0 Å². The highest BCUT2D eigenvalue weighted by molar-refractivity contribution is 7.17. The van der Waals surface area contributed by atoms with Gasteiger partial charge in [-0.3, -0.25) is 9.59 Å². The molecule has 0 spiro atoms. The first-order chi connectivity index (χ1) is 11.6. The Morgan fingerprint density at radius 1 is 1.25 bits per heavy atom. The number of thiophene rings is 1. The summed E-state index contributed by atoms with van der Waals surface area (Å²) >= 11 is 1.58. The molecule has 3 N–H and O–H groups in total. The lowest BCUT2D eigenvalue weighted by Gasteiger charge is -2.21. The van der Waals surface area contributed by atoms with E-state index >= 15 is 0 Å². The third kappa shape index (κ3) is 2.67. The largest absolute Gasteiger partial charge is 0.365 e.